The molecule has 0 saturated heterocycles. The number of hydrogen-bond acceptors (Lipinski definition) is 5. The maximum atomic E-state index is 12.0. The lowest BCUT2D eigenvalue weighted by Gasteiger charge is -2.09. The van der Waals surface area contributed by atoms with Gasteiger partial charge in [0.15, 0.2) is 5.13 Å². The van der Waals surface area contributed by atoms with E-state index in [4.69, 9.17) is 5.73 Å². The number of thioether (sulfide) groups is 1. The average Bonchev–Trinajstić information content (AvgIpc) is 2.77. The lowest BCUT2D eigenvalue weighted by Crippen LogP contribution is -2.15. The molecule has 0 saturated carbocycles. The predicted molar refractivity (Wildman–Crippen MR) is 81.7 cm³/mol. The zero-order chi connectivity index (χ0) is 13.7. The second-order valence-electron chi connectivity index (χ2n) is 3.83. The maximum Gasteiger partial charge on any atom is 0.230 e. The minimum Gasteiger partial charge on any atom is -0.375 e. The van der Waals surface area contributed by atoms with Gasteiger partial charge in [0.05, 0.1) is 17.8 Å². The van der Waals surface area contributed by atoms with Crippen LogP contribution in [0.25, 0.3) is 0 Å². The Labute approximate surface area is 120 Å². The standard InChI is InChI=1S/C13H15N3OS2/c1-2-18-11-6-4-3-5-10(11)16-12(17)7-9-8-19-13(14)15-9/h3-6,8H,2,7H2,1H3,(H2,14,15)(H,16,17). The van der Waals surface area contributed by atoms with E-state index in [9.17, 15) is 4.79 Å². The van der Waals surface area contributed by atoms with Crippen LogP contribution in [-0.4, -0.2) is 16.6 Å². The van der Waals surface area contributed by atoms with Crippen LogP contribution in [0.4, 0.5) is 10.8 Å². The summed E-state index contributed by atoms with van der Waals surface area (Å²) in [5.41, 5.74) is 7.10. The number of thiazole rings is 1. The molecular weight excluding hydrogens is 278 g/mol. The van der Waals surface area contributed by atoms with Crippen LogP contribution < -0.4 is 11.1 Å². The summed E-state index contributed by atoms with van der Waals surface area (Å²) in [4.78, 5) is 17.1. The van der Waals surface area contributed by atoms with Crippen molar-refractivity contribution in [3.63, 3.8) is 0 Å². The Kier molecular flexibility index (Phi) is 4.81. The summed E-state index contributed by atoms with van der Waals surface area (Å²) in [5.74, 6) is 0.893. The Morgan fingerprint density at radius 2 is 2.26 bits per heavy atom. The first kappa shape index (κ1) is 13.9. The first-order chi connectivity index (χ1) is 9.19. The number of nitrogen functional groups attached to an aromatic ring is 1. The zero-order valence-corrected chi connectivity index (χ0v) is 12.2. The molecule has 0 atom stereocenters. The number of anilines is 2. The van der Waals surface area contributed by atoms with E-state index in [2.05, 4.69) is 17.2 Å². The highest BCUT2D eigenvalue weighted by Crippen LogP contribution is 2.26. The number of benzene rings is 1. The highest BCUT2D eigenvalue weighted by atomic mass is 32.2. The van der Waals surface area contributed by atoms with E-state index < -0.39 is 0 Å². The lowest BCUT2D eigenvalue weighted by atomic mass is 10.3. The van der Waals surface area contributed by atoms with Crippen LogP contribution in [0.2, 0.25) is 0 Å². The summed E-state index contributed by atoms with van der Waals surface area (Å²) in [6.07, 6.45) is 0.249. The topological polar surface area (TPSA) is 68.0 Å². The molecule has 0 aliphatic rings. The van der Waals surface area contributed by atoms with Crippen molar-refractivity contribution in [1.82, 2.24) is 4.98 Å². The number of carbonyl (C=O) groups excluding carboxylic acids is 1. The number of carbonyl (C=O) groups is 1. The molecular formula is C13H15N3OS2. The van der Waals surface area contributed by atoms with Gasteiger partial charge in [-0.15, -0.1) is 23.1 Å². The second-order valence-corrected chi connectivity index (χ2v) is 6.03. The molecule has 100 valence electrons. The summed E-state index contributed by atoms with van der Waals surface area (Å²) in [5, 5.41) is 5.21. The van der Waals surface area contributed by atoms with Crippen molar-refractivity contribution in [2.45, 2.75) is 18.2 Å². The number of amides is 1. The highest BCUT2D eigenvalue weighted by molar-refractivity contribution is 7.99. The summed E-state index contributed by atoms with van der Waals surface area (Å²) >= 11 is 3.05. The van der Waals surface area contributed by atoms with E-state index in [0.717, 1.165) is 16.3 Å². The van der Waals surface area contributed by atoms with Gasteiger partial charge < -0.3 is 11.1 Å². The third kappa shape index (κ3) is 3.97. The van der Waals surface area contributed by atoms with Crippen LogP contribution in [0, 0.1) is 0 Å². The van der Waals surface area contributed by atoms with E-state index in [0.29, 0.717) is 10.8 Å². The molecule has 0 aliphatic carbocycles. The third-order valence-corrected chi connectivity index (χ3v) is 4.05. The third-order valence-electron chi connectivity index (χ3n) is 2.37. The minimum absolute atomic E-state index is 0.0746. The number of aromatic nitrogens is 1. The van der Waals surface area contributed by atoms with E-state index in [1.165, 1.54) is 11.3 Å². The molecule has 1 aromatic heterocycles. The summed E-state index contributed by atoms with van der Waals surface area (Å²) < 4.78 is 0. The monoisotopic (exact) mass is 293 g/mol. The Hall–Kier alpha value is -1.53. The van der Waals surface area contributed by atoms with E-state index in [1.54, 1.807) is 11.8 Å². The maximum absolute atomic E-state index is 12.0. The number of rotatable bonds is 5. The molecule has 1 heterocycles. The lowest BCUT2D eigenvalue weighted by molar-refractivity contribution is -0.115. The van der Waals surface area contributed by atoms with Gasteiger partial charge in [-0.05, 0) is 17.9 Å². The van der Waals surface area contributed by atoms with Crippen molar-refractivity contribution in [3.05, 3.63) is 35.3 Å². The molecule has 3 N–H and O–H groups in total. The first-order valence-corrected chi connectivity index (χ1v) is 7.77. The van der Waals surface area contributed by atoms with Gasteiger partial charge in [-0.3, -0.25) is 4.79 Å². The predicted octanol–water partition coefficient (Wildman–Crippen LogP) is 3.02. The molecule has 0 unspecified atom stereocenters. The van der Waals surface area contributed by atoms with Crippen molar-refractivity contribution in [2.75, 3.05) is 16.8 Å². The van der Waals surface area contributed by atoms with Crippen LogP contribution in [-0.2, 0) is 11.2 Å². The fourth-order valence-electron chi connectivity index (χ4n) is 1.61. The van der Waals surface area contributed by atoms with Crippen LogP contribution in [0.1, 0.15) is 12.6 Å². The molecule has 2 rings (SSSR count). The molecule has 19 heavy (non-hydrogen) atoms. The van der Waals surface area contributed by atoms with E-state index in [1.807, 2.05) is 29.6 Å². The molecule has 0 aliphatic heterocycles. The summed E-state index contributed by atoms with van der Waals surface area (Å²) in [6, 6.07) is 7.79. The number of nitrogens with two attached hydrogens (primary N) is 1. The van der Waals surface area contributed by atoms with Gasteiger partial charge in [0, 0.05) is 10.3 Å². The number of nitrogens with one attached hydrogen (secondary N) is 1. The van der Waals surface area contributed by atoms with Gasteiger partial charge >= 0.3 is 0 Å². The molecule has 1 amide bonds. The molecule has 0 bridgehead atoms. The van der Waals surface area contributed by atoms with Crippen molar-refractivity contribution >= 4 is 39.8 Å². The Morgan fingerprint density at radius 3 is 2.95 bits per heavy atom. The van der Waals surface area contributed by atoms with Crippen LogP contribution in [0.5, 0.6) is 0 Å². The smallest absolute Gasteiger partial charge is 0.230 e. The Morgan fingerprint density at radius 1 is 1.47 bits per heavy atom. The quantitative estimate of drug-likeness (QED) is 0.832. The molecule has 1 aromatic carbocycles. The second kappa shape index (κ2) is 6.58. The highest BCUT2D eigenvalue weighted by Gasteiger charge is 2.09. The van der Waals surface area contributed by atoms with Gasteiger partial charge in [-0.2, -0.15) is 0 Å². The fraction of sp³-hybridized carbons (Fsp3) is 0.231. The summed E-state index contributed by atoms with van der Waals surface area (Å²) in [6.45, 7) is 2.08. The number of nitrogens with zero attached hydrogens (tertiary/aromatic N) is 1. The average molecular weight is 293 g/mol. The molecule has 0 spiro atoms. The van der Waals surface area contributed by atoms with Gasteiger partial charge in [0.25, 0.3) is 0 Å². The summed E-state index contributed by atoms with van der Waals surface area (Å²) in [7, 11) is 0. The first-order valence-electron chi connectivity index (χ1n) is 5.90. The van der Waals surface area contributed by atoms with Crippen LogP contribution in [0.15, 0.2) is 34.5 Å². The number of para-hydroxylation sites is 1. The van der Waals surface area contributed by atoms with E-state index in [-0.39, 0.29) is 12.3 Å². The van der Waals surface area contributed by atoms with Crippen molar-refractivity contribution in [1.29, 1.82) is 0 Å². The van der Waals surface area contributed by atoms with Crippen molar-refractivity contribution < 1.29 is 4.79 Å². The Bertz CT molecular complexity index is 569. The molecule has 0 fully saturated rings. The number of hydrogen-bond donors (Lipinski definition) is 2. The molecule has 0 radical (unpaired) electrons. The molecule has 6 heteroatoms. The van der Waals surface area contributed by atoms with Gasteiger partial charge in [-0.25, -0.2) is 4.98 Å². The van der Waals surface area contributed by atoms with Gasteiger partial charge in [0.1, 0.15) is 0 Å². The normalized spacial score (nSPS) is 10.4. The minimum atomic E-state index is -0.0746. The van der Waals surface area contributed by atoms with Crippen LogP contribution >= 0.6 is 23.1 Å². The van der Waals surface area contributed by atoms with Gasteiger partial charge in [-0.1, -0.05) is 19.1 Å². The zero-order valence-electron chi connectivity index (χ0n) is 10.6. The van der Waals surface area contributed by atoms with Crippen molar-refractivity contribution in [3.8, 4) is 0 Å². The van der Waals surface area contributed by atoms with Crippen LogP contribution in [0.3, 0.4) is 0 Å². The van der Waals surface area contributed by atoms with Crippen molar-refractivity contribution in [2.24, 2.45) is 0 Å². The molecule has 2 aromatic rings. The fourth-order valence-corrected chi connectivity index (χ4v) is 2.94. The van der Waals surface area contributed by atoms with Gasteiger partial charge in [0.2, 0.25) is 5.91 Å². The molecule has 4 nitrogen and oxygen atoms in total. The largest absolute Gasteiger partial charge is 0.375 e. The SMILES string of the molecule is CCSc1ccccc1NC(=O)Cc1csc(N)n1. The van der Waals surface area contributed by atoms with E-state index >= 15 is 0 Å². The Balaban J connectivity index is 2.02.